The first-order valence-corrected chi connectivity index (χ1v) is 3.53. The van der Waals surface area contributed by atoms with Crippen LogP contribution >= 0.6 is 0 Å². The summed E-state index contributed by atoms with van der Waals surface area (Å²) in [5.41, 5.74) is 6.26. The number of rotatable bonds is 2. The van der Waals surface area contributed by atoms with Crippen molar-refractivity contribution in [2.75, 3.05) is 0 Å². The van der Waals surface area contributed by atoms with Crippen LogP contribution < -0.4 is 5.73 Å². The topological polar surface area (TPSA) is 64.1 Å². The van der Waals surface area contributed by atoms with Gasteiger partial charge in [-0.3, -0.25) is 4.68 Å². The average Bonchev–Trinajstić information content (AvgIpc) is 2.34. The lowest BCUT2D eigenvalue weighted by molar-refractivity contribution is 0.153. The van der Waals surface area contributed by atoms with Crippen molar-refractivity contribution in [2.45, 2.75) is 19.1 Å². The Morgan fingerprint density at radius 2 is 2.36 bits per heavy atom. The molecule has 2 atom stereocenters. The van der Waals surface area contributed by atoms with Crippen LogP contribution in [0, 0.1) is 0 Å². The maximum absolute atomic E-state index is 9.43. The molecule has 3 N–H and O–H groups in total. The zero-order valence-corrected chi connectivity index (χ0v) is 6.73. The van der Waals surface area contributed by atoms with Gasteiger partial charge in [0.15, 0.2) is 0 Å². The van der Waals surface area contributed by atoms with Gasteiger partial charge in [0.05, 0.1) is 12.3 Å². The van der Waals surface area contributed by atoms with E-state index in [0.717, 1.165) is 5.56 Å². The van der Waals surface area contributed by atoms with Crippen LogP contribution in [-0.2, 0) is 7.05 Å². The van der Waals surface area contributed by atoms with Crippen LogP contribution in [0.1, 0.15) is 18.6 Å². The summed E-state index contributed by atoms with van der Waals surface area (Å²) < 4.78 is 1.64. The van der Waals surface area contributed by atoms with Crippen LogP contribution in [0.15, 0.2) is 12.4 Å². The number of aliphatic hydroxyl groups is 1. The SMILES string of the molecule is CC(N)C(O)c1cnn(C)c1. The molecule has 1 aromatic heterocycles. The quantitative estimate of drug-likeness (QED) is 0.621. The maximum Gasteiger partial charge on any atom is 0.0968 e. The number of aliphatic hydroxyl groups excluding tert-OH is 1. The third kappa shape index (κ3) is 1.78. The third-order valence-corrected chi connectivity index (χ3v) is 1.56. The molecule has 0 aliphatic carbocycles. The second-order valence-corrected chi connectivity index (χ2v) is 2.75. The van der Waals surface area contributed by atoms with E-state index < -0.39 is 6.10 Å². The molecule has 1 aromatic rings. The highest BCUT2D eigenvalue weighted by Gasteiger charge is 2.13. The summed E-state index contributed by atoms with van der Waals surface area (Å²) in [7, 11) is 1.80. The second kappa shape index (κ2) is 3.02. The molecule has 0 aromatic carbocycles. The summed E-state index contributed by atoms with van der Waals surface area (Å²) in [6.45, 7) is 1.76. The molecule has 11 heavy (non-hydrogen) atoms. The van der Waals surface area contributed by atoms with Crippen molar-refractivity contribution in [2.24, 2.45) is 12.8 Å². The normalized spacial score (nSPS) is 16.4. The van der Waals surface area contributed by atoms with Crippen molar-refractivity contribution in [1.29, 1.82) is 0 Å². The number of hydrogen-bond acceptors (Lipinski definition) is 3. The number of aromatic nitrogens is 2. The van der Waals surface area contributed by atoms with E-state index in [-0.39, 0.29) is 6.04 Å². The van der Waals surface area contributed by atoms with Crippen LogP contribution in [0.25, 0.3) is 0 Å². The molecule has 0 spiro atoms. The van der Waals surface area contributed by atoms with Crippen molar-refractivity contribution in [1.82, 2.24) is 9.78 Å². The monoisotopic (exact) mass is 155 g/mol. The molecule has 62 valence electrons. The lowest BCUT2D eigenvalue weighted by Crippen LogP contribution is -2.23. The first-order chi connectivity index (χ1) is 5.11. The maximum atomic E-state index is 9.43. The van der Waals surface area contributed by atoms with Crippen molar-refractivity contribution >= 4 is 0 Å². The van der Waals surface area contributed by atoms with E-state index in [9.17, 15) is 5.11 Å². The molecule has 1 rings (SSSR count). The van der Waals surface area contributed by atoms with Crippen LogP contribution in [0.5, 0.6) is 0 Å². The summed E-state index contributed by atoms with van der Waals surface area (Å²) in [6.07, 6.45) is 2.77. The molecule has 4 nitrogen and oxygen atoms in total. The number of aryl methyl sites for hydroxylation is 1. The molecule has 0 aliphatic rings. The van der Waals surface area contributed by atoms with E-state index in [1.807, 2.05) is 0 Å². The largest absolute Gasteiger partial charge is 0.387 e. The molecule has 1 heterocycles. The summed E-state index contributed by atoms with van der Waals surface area (Å²) in [6, 6.07) is -0.251. The molecule has 2 unspecified atom stereocenters. The second-order valence-electron chi connectivity index (χ2n) is 2.75. The van der Waals surface area contributed by atoms with E-state index in [2.05, 4.69) is 5.10 Å². The first-order valence-electron chi connectivity index (χ1n) is 3.53. The molecular weight excluding hydrogens is 142 g/mol. The van der Waals surface area contributed by atoms with Gasteiger partial charge < -0.3 is 10.8 Å². The van der Waals surface area contributed by atoms with Gasteiger partial charge in [-0.15, -0.1) is 0 Å². The van der Waals surface area contributed by atoms with Crippen LogP contribution in [0.4, 0.5) is 0 Å². The molecular formula is C7H13N3O. The third-order valence-electron chi connectivity index (χ3n) is 1.56. The van der Waals surface area contributed by atoms with Crippen molar-refractivity contribution < 1.29 is 5.11 Å². The minimum absolute atomic E-state index is 0.251. The van der Waals surface area contributed by atoms with Gasteiger partial charge in [-0.1, -0.05) is 0 Å². The standard InChI is InChI=1S/C7H13N3O/c1-5(8)7(11)6-3-9-10(2)4-6/h3-5,7,11H,8H2,1-2H3. The number of nitrogens with zero attached hydrogens (tertiary/aromatic N) is 2. The fourth-order valence-electron chi connectivity index (χ4n) is 0.896. The Morgan fingerprint density at radius 3 is 2.73 bits per heavy atom. The van der Waals surface area contributed by atoms with E-state index in [4.69, 9.17) is 5.73 Å². The Morgan fingerprint density at radius 1 is 1.73 bits per heavy atom. The van der Waals surface area contributed by atoms with Gasteiger partial charge in [-0.2, -0.15) is 5.10 Å². The van der Waals surface area contributed by atoms with Crippen molar-refractivity contribution in [3.8, 4) is 0 Å². The molecule has 0 saturated heterocycles. The smallest absolute Gasteiger partial charge is 0.0968 e. The summed E-state index contributed by atoms with van der Waals surface area (Å²) in [5, 5.41) is 13.4. The molecule has 0 amide bonds. The molecule has 0 aliphatic heterocycles. The zero-order valence-electron chi connectivity index (χ0n) is 6.73. The summed E-state index contributed by atoms with van der Waals surface area (Å²) in [4.78, 5) is 0. The van der Waals surface area contributed by atoms with E-state index in [1.54, 1.807) is 31.0 Å². The van der Waals surface area contributed by atoms with Crippen molar-refractivity contribution in [3.05, 3.63) is 18.0 Å². The van der Waals surface area contributed by atoms with Gasteiger partial charge in [-0.25, -0.2) is 0 Å². The lowest BCUT2D eigenvalue weighted by atomic mass is 10.1. The van der Waals surface area contributed by atoms with Crippen LogP contribution in [0.3, 0.4) is 0 Å². The van der Waals surface area contributed by atoms with Gasteiger partial charge in [0, 0.05) is 24.8 Å². The molecule has 0 bridgehead atoms. The zero-order chi connectivity index (χ0) is 8.43. The summed E-state index contributed by atoms with van der Waals surface area (Å²) >= 11 is 0. The Kier molecular flexibility index (Phi) is 2.26. The fraction of sp³-hybridized carbons (Fsp3) is 0.571. The first kappa shape index (κ1) is 8.23. The predicted molar refractivity (Wildman–Crippen MR) is 41.8 cm³/mol. The number of nitrogens with two attached hydrogens (primary N) is 1. The minimum Gasteiger partial charge on any atom is -0.387 e. The minimum atomic E-state index is -0.608. The molecule has 4 heteroatoms. The fourth-order valence-corrected chi connectivity index (χ4v) is 0.896. The lowest BCUT2D eigenvalue weighted by Gasteiger charge is -2.11. The van der Waals surface area contributed by atoms with Gasteiger partial charge in [0.2, 0.25) is 0 Å². The van der Waals surface area contributed by atoms with Crippen LogP contribution in [0.2, 0.25) is 0 Å². The highest BCUT2D eigenvalue weighted by atomic mass is 16.3. The Bertz CT molecular complexity index is 231. The summed E-state index contributed by atoms with van der Waals surface area (Å²) in [5.74, 6) is 0. The average molecular weight is 155 g/mol. The van der Waals surface area contributed by atoms with Crippen LogP contribution in [-0.4, -0.2) is 20.9 Å². The number of hydrogen-bond donors (Lipinski definition) is 2. The van der Waals surface area contributed by atoms with Gasteiger partial charge in [-0.05, 0) is 6.92 Å². The van der Waals surface area contributed by atoms with E-state index in [0.29, 0.717) is 0 Å². The van der Waals surface area contributed by atoms with E-state index >= 15 is 0 Å². The van der Waals surface area contributed by atoms with E-state index in [1.165, 1.54) is 0 Å². The Balaban J connectivity index is 2.76. The highest BCUT2D eigenvalue weighted by molar-refractivity contribution is 5.09. The van der Waals surface area contributed by atoms with Gasteiger partial charge in [0.25, 0.3) is 0 Å². The van der Waals surface area contributed by atoms with Gasteiger partial charge >= 0.3 is 0 Å². The Labute approximate surface area is 65.6 Å². The van der Waals surface area contributed by atoms with Gasteiger partial charge in [0.1, 0.15) is 0 Å². The molecule has 0 radical (unpaired) electrons. The van der Waals surface area contributed by atoms with Crippen molar-refractivity contribution in [3.63, 3.8) is 0 Å². The molecule has 0 fully saturated rings. The molecule has 0 saturated carbocycles. The highest BCUT2D eigenvalue weighted by Crippen LogP contribution is 2.13. The Hall–Kier alpha value is -0.870. The predicted octanol–water partition coefficient (Wildman–Crippen LogP) is -0.199.